The second kappa shape index (κ2) is 7.40. The summed E-state index contributed by atoms with van der Waals surface area (Å²) in [5.74, 6) is -2.47. The monoisotopic (exact) mass is 302 g/mol. The third-order valence-electron chi connectivity index (χ3n) is 3.07. The van der Waals surface area contributed by atoms with Crippen LogP contribution < -0.4 is 4.84 Å². The molecule has 2 rings (SSSR count). The fourth-order valence-corrected chi connectivity index (χ4v) is 1.92. The molecule has 0 radical (unpaired) electrons. The number of ether oxygens (including phenoxy) is 1. The number of aromatic nitrogens is 2. The Kier molecular flexibility index (Phi) is 5.30. The standard InChI is InChI=1S/C16H18N2O4/c1-12(2)14(16(20)22-18-9-8-17-11-18)15(19)21-10-13-6-4-3-5-7-13/h3-9,11-12,14H,10H2,1-2H3/t14-/m0/s1. The van der Waals surface area contributed by atoms with Crippen molar-refractivity contribution in [1.82, 2.24) is 9.71 Å². The maximum Gasteiger partial charge on any atom is 0.347 e. The number of imidazole rings is 1. The minimum absolute atomic E-state index is 0.126. The fraction of sp³-hybridized carbons (Fsp3) is 0.312. The molecule has 0 bridgehead atoms. The molecule has 0 aliphatic rings. The van der Waals surface area contributed by atoms with E-state index in [1.807, 2.05) is 30.3 Å². The van der Waals surface area contributed by atoms with Crippen LogP contribution in [0.3, 0.4) is 0 Å². The maximum atomic E-state index is 12.2. The average molecular weight is 302 g/mol. The molecule has 6 heteroatoms. The highest BCUT2D eigenvalue weighted by atomic mass is 16.7. The smallest absolute Gasteiger partial charge is 0.347 e. The van der Waals surface area contributed by atoms with Crippen LogP contribution in [0.5, 0.6) is 0 Å². The van der Waals surface area contributed by atoms with Gasteiger partial charge >= 0.3 is 11.9 Å². The van der Waals surface area contributed by atoms with Gasteiger partial charge in [-0.05, 0) is 11.5 Å². The summed E-state index contributed by atoms with van der Waals surface area (Å²) in [5.41, 5.74) is 0.862. The van der Waals surface area contributed by atoms with Crippen molar-refractivity contribution in [3.63, 3.8) is 0 Å². The molecule has 22 heavy (non-hydrogen) atoms. The van der Waals surface area contributed by atoms with Crippen molar-refractivity contribution in [2.45, 2.75) is 20.5 Å². The Morgan fingerprint density at radius 1 is 1.18 bits per heavy atom. The molecule has 6 nitrogen and oxygen atoms in total. The highest BCUT2D eigenvalue weighted by molar-refractivity contribution is 5.95. The minimum atomic E-state index is -0.980. The van der Waals surface area contributed by atoms with E-state index in [1.54, 1.807) is 13.8 Å². The minimum Gasteiger partial charge on any atom is -0.460 e. The van der Waals surface area contributed by atoms with E-state index in [2.05, 4.69) is 4.98 Å². The topological polar surface area (TPSA) is 70.4 Å². The van der Waals surface area contributed by atoms with Crippen LogP contribution in [0, 0.1) is 11.8 Å². The third kappa shape index (κ3) is 4.18. The predicted molar refractivity (Wildman–Crippen MR) is 78.4 cm³/mol. The first kappa shape index (κ1) is 15.8. The Labute approximate surface area is 128 Å². The number of esters is 1. The summed E-state index contributed by atoms with van der Waals surface area (Å²) in [4.78, 5) is 33.1. The Morgan fingerprint density at radius 2 is 1.91 bits per heavy atom. The van der Waals surface area contributed by atoms with Gasteiger partial charge in [-0.25, -0.2) is 9.78 Å². The van der Waals surface area contributed by atoms with Crippen LogP contribution in [0.4, 0.5) is 0 Å². The van der Waals surface area contributed by atoms with Gasteiger partial charge in [-0.15, -0.1) is 0 Å². The summed E-state index contributed by atoms with van der Waals surface area (Å²) in [6, 6.07) is 9.29. The lowest BCUT2D eigenvalue weighted by Crippen LogP contribution is -2.36. The summed E-state index contributed by atoms with van der Waals surface area (Å²) in [7, 11) is 0. The van der Waals surface area contributed by atoms with E-state index >= 15 is 0 Å². The molecule has 1 aromatic carbocycles. The highest BCUT2D eigenvalue weighted by Crippen LogP contribution is 2.15. The Balaban J connectivity index is 1.97. The molecule has 0 amide bonds. The molecule has 2 aromatic rings. The Bertz CT molecular complexity index is 608. The zero-order chi connectivity index (χ0) is 15.9. The number of rotatable bonds is 6. The zero-order valence-electron chi connectivity index (χ0n) is 12.5. The van der Waals surface area contributed by atoms with E-state index < -0.39 is 17.9 Å². The quantitative estimate of drug-likeness (QED) is 0.601. The second-order valence-electron chi connectivity index (χ2n) is 5.15. The summed E-state index contributed by atoms with van der Waals surface area (Å²) in [5, 5.41) is 0. The molecule has 1 heterocycles. The normalized spacial score (nSPS) is 12.0. The molecular formula is C16H18N2O4. The van der Waals surface area contributed by atoms with Crippen molar-refractivity contribution in [2.24, 2.45) is 11.8 Å². The van der Waals surface area contributed by atoms with Crippen molar-refractivity contribution in [1.29, 1.82) is 0 Å². The first-order valence-corrected chi connectivity index (χ1v) is 6.98. The van der Waals surface area contributed by atoms with Crippen molar-refractivity contribution < 1.29 is 19.2 Å². The van der Waals surface area contributed by atoms with Gasteiger partial charge in [0.2, 0.25) is 0 Å². The summed E-state index contributed by atoms with van der Waals surface area (Å²) < 4.78 is 6.38. The van der Waals surface area contributed by atoms with Crippen molar-refractivity contribution in [3.8, 4) is 0 Å². The molecule has 0 aliphatic carbocycles. The van der Waals surface area contributed by atoms with E-state index in [9.17, 15) is 9.59 Å². The molecule has 1 atom stereocenters. The van der Waals surface area contributed by atoms with E-state index in [4.69, 9.17) is 9.57 Å². The molecule has 0 fully saturated rings. The van der Waals surface area contributed by atoms with Gasteiger partial charge in [-0.2, -0.15) is 4.73 Å². The van der Waals surface area contributed by atoms with E-state index in [0.29, 0.717) is 0 Å². The van der Waals surface area contributed by atoms with Gasteiger partial charge in [0.1, 0.15) is 12.9 Å². The number of carbonyl (C=O) groups excluding carboxylic acids is 2. The summed E-state index contributed by atoms with van der Waals surface area (Å²) >= 11 is 0. The molecule has 116 valence electrons. The first-order chi connectivity index (χ1) is 10.6. The van der Waals surface area contributed by atoms with Crippen LogP contribution in [0.15, 0.2) is 49.1 Å². The van der Waals surface area contributed by atoms with Crippen molar-refractivity contribution in [3.05, 3.63) is 54.6 Å². The Hall–Kier alpha value is -2.63. The molecule has 0 aliphatic heterocycles. The molecule has 0 spiro atoms. The number of carbonyl (C=O) groups is 2. The SMILES string of the molecule is CC(C)[C@@H](C(=O)OCc1ccccc1)C(=O)On1ccnc1. The number of nitrogens with zero attached hydrogens (tertiary/aromatic N) is 2. The van der Waals surface area contributed by atoms with Gasteiger partial charge in [0.25, 0.3) is 0 Å². The van der Waals surface area contributed by atoms with E-state index in [-0.39, 0.29) is 12.5 Å². The number of benzene rings is 1. The lowest BCUT2D eigenvalue weighted by atomic mass is 9.96. The first-order valence-electron chi connectivity index (χ1n) is 6.98. The van der Waals surface area contributed by atoms with Crippen molar-refractivity contribution in [2.75, 3.05) is 0 Å². The second-order valence-corrected chi connectivity index (χ2v) is 5.15. The lowest BCUT2D eigenvalue weighted by molar-refractivity contribution is -0.165. The van der Waals surface area contributed by atoms with Gasteiger partial charge < -0.3 is 9.57 Å². The van der Waals surface area contributed by atoms with Crippen LogP contribution >= 0.6 is 0 Å². The van der Waals surface area contributed by atoms with Crippen molar-refractivity contribution >= 4 is 11.9 Å². The van der Waals surface area contributed by atoms with Gasteiger partial charge in [-0.1, -0.05) is 44.2 Å². The van der Waals surface area contributed by atoms with Crippen LogP contribution in [0.2, 0.25) is 0 Å². The molecule has 0 unspecified atom stereocenters. The van der Waals surface area contributed by atoms with Gasteiger partial charge in [0.05, 0.1) is 6.20 Å². The lowest BCUT2D eigenvalue weighted by Gasteiger charge is -2.17. The Morgan fingerprint density at radius 3 is 2.50 bits per heavy atom. The van der Waals surface area contributed by atoms with E-state index in [0.717, 1.165) is 10.3 Å². The number of hydrogen-bond acceptors (Lipinski definition) is 5. The zero-order valence-corrected chi connectivity index (χ0v) is 12.5. The number of hydrogen-bond donors (Lipinski definition) is 0. The average Bonchev–Trinajstić information content (AvgIpc) is 2.99. The van der Waals surface area contributed by atoms with Crippen LogP contribution in [-0.2, 0) is 20.9 Å². The predicted octanol–water partition coefficient (Wildman–Crippen LogP) is 1.85. The van der Waals surface area contributed by atoms with Gasteiger partial charge in [-0.3, -0.25) is 4.79 Å². The molecule has 0 saturated heterocycles. The van der Waals surface area contributed by atoms with Gasteiger partial charge in [0.15, 0.2) is 5.92 Å². The summed E-state index contributed by atoms with van der Waals surface area (Å²) in [6.45, 7) is 3.66. The summed E-state index contributed by atoms with van der Waals surface area (Å²) in [6.07, 6.45) is 4.29. The van der Waals surface area contributed by atoms with Gasteiger partial charge in [0, 0.05) is 6.20 Å². The third-order valence-corrected chi connectivity index (χ3v) is 3.07. The highest BCUT2D eigenvalue weighted by Gasteiger charge is 2.33. The van der Waals surface area contributed by atoms with Crippen LogP contribution in [0.1, 0.15) is 19.4 Å². The molecule has 0 saturated carbocycles. The maximum absolute atomic E-state index is 12.2. The molecule has 1 aromatic heterocycles. The van der Waals surface area contributed by atoms with E-state index in [1.165, 1.54) is 18.7 Å². The van der Waals surface area contributed by atoms with Crippen LogP contribution in [-0.4, -0.2) is 21.7 Å². The fourth-order valence-electron chi connectivity index (χ4n) is 1.92. The van der Waals surface area contributed by atoms with Crippen LogP contribution in [0.25, 0.3) is 0 Å². The largest absolute Gasteiger partial charge is 0.460 e. The molecule has 0 N–H and O–H groups in total. The molecular weight excluding hydrogens is 284 g/mol.